The molecule has 3 nitrogen and oxygen atoms in total. The number of rotatable bonds is 3. The molecule has 0 heterocycles. The van der Waals surface area contributed by atoms with Gasteiger partial charge < -0.3 is 15.6 Å². The molecule has 1 aromatic carbocycles. The molecule has 1 aliphatic carbocycles. The van der Waals surface area contributed by atoms with Gasteiger partial charge in [-0.1, -0.05) is 0 Å². The van der Waals surface area contributed by atoms with Crippen molar-refractivity contribution in [2.45, 2.75) is 38.0 Å². The van der Waals surface area contributed by atoms with Crippen LogP contribution >= 0.6 is 0 Å². The molecular formula is C12H16FNO2. The summed E-state index contributed by atoms with van der Waals surface area (Å²) in [5.41, 5.74) is 6.16. The van der Waals surface area contributed by atoms with Crippen molar-refractivity contribution in [3.63, 3.8) is 0 Å². The lowest BCUT2D eigenvalue weighted by molar-refractivity contribution is 0.0597. The van der Waals surface area contributed by atoms with E-state index in [0.29, 0.717) is 11.3 Å². The summed E-state index contributed by atoms with van der Waals surface area (Å²) in [5.74, 6) is 0.259. The molecule has 88 valence electrons. The molecule has 1 saturated carbocycles. The van der Waals surface area contributed by atoms with E-state index in [0.717, 1.165) is 19.3 Å². The molecule has 0 radical (unpaired) electrons. The highest BCUT2D eigenvalue weighted by molar-refractivity contribution is 5.34. The third-order valence-electron chi connectivity index (χ3n) is 2.94. The van der Waals surface area contributed by atoms with Crippen molar-refractivity contribution in [2.75, 3.05) is 0 Å². The minimum atomic E-state index is -0.421. The normalized spacial score (nSPS) is 24.7. The molecule has 4 heteroatoms. The first-order valence-electron chi connectivity index (χ1n) is 5.54. The first kappa shape index (κ1) is 11.4. The molecule has 0 spiro atoms. The van der Waals surface area contributed by atoms with Crippen LogP contribution in [-0.2, 0) is 6.54 Å². The fraction of sp³-hybridized carbons (Fsp3) is 0.500. The van der Waals surface area contributed by atoms with Crippen molar-refractivity contribution >= 4 is 0 Å². The van der Waals surface area contributed by atoms with Gasteiger partial charge in [-0.05, 0) is 37.5 Å². The summed E-state index contributed by atoms with van der Waals surface area (Å²) >= 11 is 0. The van der Waals surface area contributed by atoms with E-state index in [9.17, 15) is 9.50 Å². The summed E-state index contributed by atoms with van der Waals surface area (Å²) in [6.45, 7) is 0.232. The van der Waals surface area contributed by atoms with Crippen molar-refractivity contribution in [3.8, 4) is 5.75 Å². The molecule has 2 unspecified atom stereocenters. The second kappa shape index (κ2) is 4.80. The van der Waals surface area contributed by atoms with Gasteiger partial charge in [-0.2, -0.15) is 0 Å². The lowest BCUT2D eigenvalue weighted by Gasteiger charge is -2.19. The van der Waals surface area contributed by atoms with Crippen LogP contribution in [0.3, 0.4) is 0 Å². The molecule has 16 heavy (non-hydrogen) atoms. The van der Waals surface area contributed by atoms with Crippen LogP contribution in [0.5, 0.6) is 5.75 Å². The van der Waals surface area contributed by atoms with Gasteiger partial charge in [0.15, 0.2) is 0 Å². The van der Waals surface area contributed by atoms with Crippen LogP contribution in [0.1, 0.15) is 24.8 Å². The maximum Gasteiger partial charge on any atom is 0.124 e. The SMILES string of the molecule is NCc1cc(F)ccc1OC1CCCC1O. The summed E-state index contributed by atoms with van der Waals surface area (Å²) in [7, 11) is 0. The summed E-state index contributed by atoms with van der Waals surface area (Å²) in [6, 6.07) is 4.29. The smallest absolute Gasteiger partial charge is 0.124 e. The molecule has 2 rings (SSSR count). The molecule has 3 N–H and O–H groups in total. The first-order chi connectivity index (χ1) is 7.70. The number of aliphatic hydroxyl groups excluding tert-OH is 1. The van der Waals surface area contributed by atoms with Crippen LogP contribution < -0.4 is 10.5 Å². The molecule has 0 bridgehead atoms. The van der Waals surface area contributed by atoms with Gasteiger partial charge in [0.1, 0.15) is 17.7 Å². The molecular weight excluding hydrogens is 209 g/mol. The molecule has 2 atom stereocenters. The standard InChI is InChI=1S/C12H16FNO2/c13-9-4-5-11(8(6-9)7-14)16-12-3-1-2-10(12)15/h4-6,10,12,15H,1-3,7,14H2. The maximum atomic E-state index is 13.0. The Bertz CT molecular complexity index is 370. The highest BCUT2D eigenvalue weighted by atomic mass is 19.1. The maximum absolute atomic E-state index is 13.0. The van der Waals surface area contributed by atoms with E-state index >= 15 is 0 Å². The summed E-state index contributed by atoms with van der Waals surface area (Å²) in [6.07, 6.45) is 1.96. The zero-order valence-corrected chi connectivity index (χ0v) is 9.03. The molecule has 1 aliphatic rings. The van der Waals surface area contributed by atoms with Crippen LogP contribution in [0, 0.1) is 5.82 Å². The third-order valence-corrected chi connectivity index (χ3v) is 2.94. The topological polar surface area (TPSA) is 55.5 Å². The summed E-state index contributed by atoms with van der Waals surface area (Å²) in [4.78, 5) is 0. The molecule has 0 aliphatic heterocycles. The van der Waals surface area contributed by atoms with Crippen molar-refractivity contribution in [2.24, 2.45) is 5.73 Å². The van der Waals surface area contributed by atoms with Gasteiger partial charge in [0, 0.05) is 12.1 Å². The van der Waals surface area contributed by atoms with E-state index in [4.69, 9.17) is 10.5 Å². The monoisotopic (exact) mass is 225 g/mol. The highest BCUT2D eigenvalue weighted by Gasteiger charge is 2.27. The van der Waals surface area contributed by atoms with Crippen molar-refractivity contribution < 1.29 is 14.2 Å². The fourth-order valence-corrected chi connectivity index (χ4v) is 2.03. The average molecular weight is 225 g/mol. The predicted octanol–water partition coefficient (Wildman–Crippen LogP) is 1.58. The van der Waals surface area contributed by atoms with Gasteiger partial charge in [0.25, 0.3) is 0 Å². The average Bonchev–Trinajstić information content (AvgIpc) is 2.67. The Morgan fingerprint density at radius 2 is 2.25 bits per heavy atom. The van der Waals surface area contributed by atoms with Crippen LogP contribution in [0.2, 0.25) is 0 Å². The molecule has 1 aromatic rings. The Hall–Kier alpha value is -1.13. The molecule has 0 saturated heterocycles. The van der Waals surface area contributed by atoms with Crippen LogP contribution in [0.25, 0.3) is 0 Å². The Morgan fingerprint density at radius 1 is 1.44 bits per heavy atom. The van der Waals surface area contributed by atoms with Gasteiger partial charge in [-0.25, -0.2) is 4.39 Å². The van der Waals surface area contributed by atoms with Crippen molar-refractivity contribution in [3.05, 3.63) is 29.6 Å². The van der Waals surface area contributed by atoms with Crippen LogP contribution in [0.4, 0.5) is 4.39 Å². The van der Waals surface area contributed by atoms with Gasteiger partial charge >= 0.3 is 0 Å². The van der Waals surface area contributed by atoms with E-state index in [2.05, 4.69) is 0 Å². The Morgan fingerprint density at radius 3 is 2.88 bits per heavy atom. The Balaban J connectivity index is 2.14. The van der Waals surface area contributed by atoms with Crippen molar-refractivity contribution in [1.29, 1.82) is 0 Å². The van der Waals surface area contributed by atoms with E-state index in [1.165, 1.54) is 12.1 Å². The number of hydrogen-bond donors (Lipinski definition) is 2. The Kier molecular flexibility index (Phi) is 3.41. The van der Waals surface area contributed by atoms with Crippen LogP contribution in [-0.4, -0.2) is 17.3 Å². The highest BCUT2D eigenvalue weighted by Crippen LogP contribution is 2.27. The van der Waals surface area contributed by atoms with Crippen molar-refractivity contribution in [1.82, 2.24) is 0 Å². The van der Waals surface area contributed by atoms with E-state index in [-0.39, 0.29) is 18.5 Å². The first-order valence-corrected chi connectivity index (χ1v) is 5.54. The Labute approximate surface area is 94.0 Å². The minimum Gasteiger partial charge on any atom is -0.487 e. The molecule has 1 fully saturated rings. The third kappa shape index (κ3) is 2.33. The lowest BCUT2D eigenvalue weighted by atomic mass is 10.2. The van der Waals surface area contributed by atoms with Gasteiger partial charge in [0.2, 0.25) is 0 Å². The van der Waals surface area contributed by atoms with E-state index in [1.807, 2.05) is 0 Å². The number of ether oxygens (including phenoxy) is 1. The number of nitrogens with two attached hydrogens (primary N) is 1. The number of aliphatic hydroxyl groups is 1. The van der Waals surface area contributed by atoms with Gasteiger partial charge in [0.05, 0.1) is 6.10 Å². The van der Waals surface area contributed by atoms with Crippen LogP contribution in [0.15, 0.2) is 18.2 Å². The second-order valence-electron chi connectivity index (χ2n) is 4.11. The van der Waals surface area contributed by atoms with Gasteiger partial charge in [-0.3, -0.25) is 0 Å². The van der Waals surface area contributed by atoms with E-state index < -0.39 is 6.10 Å². The largest absolute Gasteiger partial charge is 0.487 e. The molecule has 0 aromatic heterocycles. The summed E-state index contributed by atoms with van der Waals surface area (Å²) < 4.78 is 18.6. The van der Waals surface area contributed by atoms with Gasteiger partial charge in [-0.15, -0.1) is 0 Å². The zero-order valence-electron chi connectivity index (χ0n) is 9.03. The number of benzene rings is 1. The molecule has 0 amide bonds. The summed E-state index contributed by atoms with van der Waals surface area (Å²) in [5, 5.41) is 9.64. The number of halogens is 1. The second-order valence-corrected chi connectivity index (χ2v) is 4.11. The predicted molar refractivity (Wildman–Crippen MR) is 58.6 cm³/mol. The number of hydrogen-bond acceptors (Lipinski definition) is 3. The quantitative estimate of drug-likeness (QED) is 0.821. The minimum absolute atomic E-state index is 0.184. The van der Waals surface area contributed by atoms with E-state index in [1.54, 1.807) is 6.07 Å². The lowest BCUT2D eigenvalue weighted by Crippen LogP contribution is -2.26. The fourth-order valence-electron chi connectivity index (χ4n) is 2.03. The zero-order chi connectivity index (χ0) is 11.5.